The highest BCUT2D eigenvalue weighted by molar-refractivity contribution is 14.1. The van der Waals surface area contributed by atoms with E-state index in [1.807, 2.05) is 27.7 Å². The lowest BCUT2D eigenvalue weighted by molar-refractivity contribution is 0.00899. The molecule has 1 amide bonds. The molecule has 18 heavy (non-hydrogen) atoms. The number of alkyl halides is 2. The number of nitrogens with zero attached hydrogens (tertiary/aromatic N) is 1. The number of halogens is 2. The Morgan fingerprint density at radius 1 is 1.56 bits per heavy atom. The molecule has 0 N–H and O–H groups in total. The topological polar surface area (TPSA) is 29.5 Å². The molecule has 2 atom stereocenters. The van der Waals surface area contributed by atoms with Crippen molar-refractivity contribution in [3.8, 4) is 0 Å². The van der Waals surface area contributed by atoms with Gasteiger partial charge in [0.25, 0.3) is 0 Å². The van der Waals surface area contributed by atoms with Gasteiger partial charge in [0.15, 0.2) is 0 Å². The fourth-order valence-electron chi connectivity index (χ4n) is 2.37. The molecule has 1 heterocycles. The van der Waals surface area contributed by atoms with Gasteiger partial charge in [-0.25, -0.2) is 9.18 Å². The molecule has 0 spiro atoms. The molecule has 0 aromatic rings. The molecule has 1 saturated heterocycles. The largest absolute Gasteiger partial charge is 0.444 e. The van der Waals surface area contributed by atoms with Crippen molar-refractivity contribution in [2.75, 3.05) is 11.0 Å². The Labute approximate surface area is 123 Å². The molecule has 1 aliphatic heterocycles. The smallest absolute Gasteiger partial charge is 0.410 e. The van der Waals surface area contributed by atoms with Crippen molar-refractivity contribution in [3.05, 3.63) is 0 Å². The average molecular weight is 371 g/mol. The summed E-state index contributed by atoms with van der Waals surface area (Å²) >= 11 is 2.30. The summed E-state index contributed by atoms with van der Waals surface area (Å²) in [7, 11) is 0. The van der Waals surface area contributed by atoms with Gasteiger partial charge in [0.05, 0.1) is 6.54 Å². The van der Waals surface area contributed by atoms with Crippen LogP contribution in [0, 0.1) is 0 Å². The van der Waals surface area contributed by atoms with E-state index in [1.54, 1.807) is 4.90 Å². The third-order valence-corrected chi connectivity index (χ3v) is 3.92. The SMILES string of the molecule is CC(C)(C)OC(=O)N1C[C@@H](F)C[C@]1(C)CCCI. The second-order valence-corrected chi connectivity index (χ2v) is 7.26. The van der Waals surface area contributed by atoms with Gasteiger partial charge in [-0.2, -0.15) is 0 Å². The number of hydrogen-bond donors (Lipinski definition) is 0. The van der Waals surface area contributed by atoms with Crippen LogP contribution in [-0.2, 0) is 4.74 Å². The Morgan fingerprint density at radius 3 is 2.67 bits per heavy atom. The maximum absolute atomic E-state index is 13.6. The molecule has 0 saturated carbocycles. The Balaban J connectivity index is 2.74. The van der Waals surface area contributed by atoms with Crippen molar-refractivity contribution >= 4 is 28.7 Å². The average Bonchev–Trinajstić information content (AvgIpc) is 2.49. The van der Waals surface area contributed by atoms with E-state index in [-0.39, 0.29) is 6.54 Å². The molecule has 106 valence electrons. The number of carbonyl (C=O) groups excluding carboxylic acids is 1. The second-order valence-electron chi connectivity index (χ2n) is 6.18. The predicted molar refractivity (Wildman–Crippen MR) is 79.0 cm³/mol. The minimum Gasteiger partial charge on any atom is -0.444 e. The first kappa shape index (κ1) is 16.0. The standard InChI is InChI=1S/C13H23FINO2/c1-12(2,3)18-11(17)16-9-10(14)8-13(16,4)6-5-7-15/h10H,5-9H2,1-4H3/t10-,13-/m0/s1. The van der Waals surface area contributed by atoms with Crippen molar-refractivity contribution < 1.29 is 13.9 Å². The van der Waals surface area contributed by atoms with Crippen LogP contribution in [0.25, 0.3) is 0 Å². The highest BCUT2D eigenvalue weighted by atomic mass is 127. The summed E-state index contributed by atoms with van der Waals surface area (Å²) in [4.78, 5) is 13.7. The third-order valence-electron chi connectivity index (χ3n) is 3.16. The van der Waals surface area contributed by atoms with E-state index >= 15 is 0 Å². The lowest BCUT2D eigenvalue weighted by Crippen LogP contribution is -2.47. The second kappa shape index (κ2) is 5.92. The maximum atomic E-state index is 13.6. The fraction of sp³-hybridized carbons (Fsp3) is 0.923. The van der Waals surface area contributed by atoms with Crippen LogP contribution < -0.4 is 0 Å². The van der Waals surface area contributed by atoms with Crippen molar-refractivity contribution in [3.63, 3.8) is 0 Å². The Morgan fingerprint density at radius 2 is 2.17 bits per heavy atom. The molecule has 0 unspecified atom stereocenters. The molecule has 5 heteroatoms. The number of rotatable bonds is 3. The van der Waals surface area contributed by atoms with Gasteiger partial charge in [-0.1, -0.05) is 22.6 Å². The highest BCUT2D eigenvalue weighted by Gasteiger charge is 2.45. The van der Waals surface area contributed by atoms with Crippen LogP contribution in [-0.4, -0.2) is 39.3 Å². The predicted octanol–water partition coefficient (Wildman–Crippen LogP) is 3.94. The molecule has 0 aliphatic carbocycles. The van der Waals surface area contributed by atoms with Crippen LogP contribution in [0.5, 0.6) is 0 Å². The fourth-order valence-corrected chi connectivity index (χ4v) is 2.75. The molecular formula is C13H23FINO2. The Kier molecular flexibility index (Phi) is 5.26. The van der Waals surface area contributed by atoms with Crippen molar-refractivity contribution in [1.82, 2.24) is 4.90 Å². The summed E-state index contributed by atoms with van der Waals surface area (Å²) in [5, 5.41) is 0. The lowest BCUT2D eigenvalue weighted by Gasteiger charge is -2.36. The van der Waals surface area contributed by atoms with Gasteiger partial charge in [0.2, 0.25) is 0 Å². The van der Waals surface area contributed by atoms with E-state index in [1.165, 1.54) is 0 Å². The van der Waals surface area contributed by atoms with E-state index in [9.17, 15) is 9.18 Å². The first-order valence-electron chi connectivity index (χ1n) is 6.38. The van der Waals surface area contributed by atoms with Gasteiger partial charge in [-0.15, -0.1) is 0 Å². The van der Waals surface area contributed by atoms with Crippen LogP contribution in [0.1, 0.15) is 47.0 Å². The van der Waals surface area contributed by atoms with E-state index in [4.69, 9.17) is 4.74 Å². The summed E-state index contributed by atoms with van der Waals surface area (Å²) < 4.78 is 20.0. The first-order valence-corrected chi connectivity index (χ1v) is 7.91. The zero-order valence-corrected chi connectivity index (χ0v) is 13.8. The van der Waals surface area contributed by atoms with Gasteiger partial charge < -0.3 is 4.74 Å². The van der Waals surface area contributed by atoms with E-state index in [0.717, 1.165) is 17.3 Å². The van der Waals surface area contributed by atoms with Crippen LogP contribution in [0.2, 0.25) is 0 Å². The molecule has 0 aromatic heterocycles. The summed E-state index contributed by atoms with van der Waals surface area (Å²) in [6, 6.07) is 0. The minimum atomic E-state index is -0.934. The van der Waals surface area contributed by atoms with E-state index in [0.29, 0.717) is 6.42 Å². The molecule has 0 bridgehead atoms. The summed E-state index contributed by atoms with van der Waals surface area (Å²) in [6.07, 6.45) is 0.914. The van der Waals surface area contributed by atoms with Gasteiger partial charge in [0.1, 0.15) is 11.8 Å². The summed E-state index contributed by atoms with van der Waals surface area (Å²) in [6.45, 7) is 7.61. The lowest BCUT2D eigenvalue weighted by atomic mass is 9.93. The highest BCUT2D eigenvalue weighted by Crippen LogP contribution is 2.36. The van der Waals surface area contributed by atoms with Gasteiger partial charge in [0, 0.05) is 12.0 Å². The monoisotopic (exact) mass is 371 g/mol. The van der Waals surface area contributed by atoms with E-state index in [2.05, 4.69) is 22.6 Å². The quantitative estimate of drug-likeness (QED) is 0.556. The van der Waals surface area contributed by atoms with Gasteiger partial charge in [-0.05, 0) is 45.0 Å². The maximum Gasteiger partial charge on any atom is 0.410 e. The number of carbonyl (C=O) groups is 1. The molecular weight excluding hydrogens is 348 g/mol. The molecule has 0 aromatic carbocycles. The first-order chi connectivity index (χ1) is 8.18. The Hall–Kier alpha value is -0.0700. The third kappa shape index (κ3) is 4.24. The number of likely N-dealkylation sites (tertiary alicyclic amines) is 1. The summed E-state index contributed by atoms with van der Waals surface area (Å²) in [5.41, 5.74) is -0.928. The van der Waals surface area contributed by atoms with Crippen LogP contribution >= 0.6 is 22.6 Å². The number of ether oxygens (including phenoxy) is 1. The zero-order valence-electron chi connectivity index (χ0n) is 11.6. The summed E-state index contributed by atoms with van der Waals surface area (Å²) in [5.74, 6) is 0. The molecule has 1 fully saturated rings. The van der Waals surface area contributed by atoms with E-state index < -0.39 is 23.4 Å². The van der Waals surface area contributed by atoms with Crippen molar-refractivity contribution in [1.29, 1.82) is 0 Å². The van der Waals surface area contributed by atoms with Crippen LogP contribution in [0.15, 0.2) is 0 Å². The zero-order chi connectivity index (χ0) is 14.0. The van der Waals surface area contributed by atoms with Crippen molar-refractivity contribution in [2.24, 2.45) is 0 Å². The van der Waals surface area contributed by atoms with Crippen LogP contribution in [0.3, 0.4) is 0 Å². The van der Waals surface area contributed by atoms with Gasteiger partial charge >= 0.3 is 6.09 Å². The molecule has 0 radical (unpaired) electrons. The molecule has 1 aliphatic rings. The molecule has 3 nitrogen and oxygen atoms in total. The normalized spacial score (nSPS) is 28.6. The Bertz CT molecular complexity index is 306. The van der Waals surface area contributed by atoms with Crippen LogP contribution in [0.4, 0.5) is 9.18 Å². The molecule has 1 rings (SSSR count). The van der Waals surface area contributed by atoms with Gasteiger partial charge in [-0.3, -0.25) is 4.90 Å². The number of hydrogen-bond acceptors (Lipinski definition) is 2. The minimum absolute atomic E-state index is 0.159. The van der Waals surface area contributed by atoms with Crippen molar-refractivity contribution in [2.45, 2.75) is 64.3 Å². The number of amides is 1.